The number of hydrogen-bond acceptors (Lipinski definition) is 4. The van der Waals surface area contributed by atoms with Gasteiger partial charge in [-0.15, -0.1) is 0 Å². The molecule has 0 unspecified atom stereocenters. The van der Waals surface area contributed by atoms with E-state index in [1.807, 2.05) is 0 Å². The number of nitrogens with one attached hydrogen (secondary N) is 1. The molecule has 6 nitrogen and oxygen atoms in total. The summed E-state index contributed by atoms with van der Waals surface area (Å²) < 4.78 is 86.0. The zero-order valence-corrected chi connectivity index (χ0v) is 22.2. The average Bonchev–Trinajstić information content (AvgIpc) is 3.14. The van der Waals surface area contributed by atoms with Gasteiger partial charge in [0.2, 0.25) is 0 Å². The summed E-state index contributed by atoms with van der Waals surface area (Å²) >= 11 is 5.61. The fourth-order valence-corrected chi connectivity index (χ4v) is 4.64. The molecule has 1 aliphatic carbocycles. The molecule has 0 saturated heterocycles. The summed E-state index contributed by atoms with van der Waals surface area (Å²) in [6.45, 7) is 5.31. The smallest absolute Gasteiger partial charge is 0.350 e. The number of aryl methyl sites for hydroxylation is 1. The first-order valence-corrected chi connectivity index (χ1v) is 12.9. The third kappa shape index (κ3) is 8.07. The van der Waals surface area contributed by atoms with Gasteiger partial charge < -0.3 is 5.32 Å². The van der Waals surface area contributed by atoms with Crippen molar-refractivity contribution in [3.8, 4) is 5.69 Å². The second-order valence-electron chi connectivity index (χ2n) is 9.32. The Labute approximate surface area is 220 Å². The van der Waals surface area contributed by atoms with Crippen LogP contribution >= 0.6 is 11.6 Å². The van der Waals surface area contributed by atoms with Gasteiger partial charge in [-0.25, -0.2) is 13.8 Å². The van der Waals surface area contributed by atoms with Gasteiger partial charge in [0.1, 0.15) is 16.7 Å². The lowest BCUT2D eigenvalue weighted by Gasteiger charge is -2.26. The minimum atomic E-state index is -4.48. The number of hydrogen-bond donors (Lipinski definition) is 1. The molecule has 2 aromatic rings. The molecule has 1 saturated carbocycles. The molecular weight excluding hydrogens is 541 g/mol. The van der Waals surface area contributed by atoms with Crippen LogP contribution in [0.15, 0.2) is 12.1 Å². The molecule has 1 heterocycles. The third-order valence-electron chi connectivity index (χ3n) is 6.51. The number of benzene rings is 1. The van der Waals surface area contributed by atoms with Gasteiger partial charge in [-0.3, -0.25) is 9.36 Å². The fourth-order valence-electron chi connectivity index (χ4n) is 4.33. The lowest BCUT2D eigenvalue weighted by molar-refractivity contribution is -0.169. The molecule has 1 aliphatic rings. The molecule has 1 fully saturated rings. The number of carbonyl (C=O) groups is 1. The predicted octanol–water partition coefficient (Wildman–Crippen LogP) is 5.99. The van der Waals surface area contributed by atoms with Crippen molar-refractivity contribution in [1.82, 2.24) is 14.9 Å². The maximum absolute atomic E-state index is 14.9. The summed E-state index contributed by atoms with van der Waals surface area (Å²) in [6, 6.07) is 1.72. The van der Waals surface area contributed by atoms with Gasteiger partial charge >= 0.3 is 17.7 Å². The predicted molar refractivity (Wildman–Crippen MR) is 129 cm³/mol. The van der Waals surface area contributed by atoms with Crippen LogP contribution in [0.3, 0.4) is 0 Å². The Hall–Kier alpha value is -2.34. The number of rotatable bonds is 7. The third-order valence-corrected chi connectivity index (χ3v) is 6.86. The van der Waals surface area contributed by atoms with Crippen LogP contribution in [0.1, 0.15) is 68.3 Å². The molecule has 0 spiro atoms. The summed E-state index contributed by atoms with van der Waals surface area (Å²) in [4.78, 5) is 17.0. The Morgan fingerprint density at radius 3 is 2.22 bits per heavy atom. The molecule has 1 aromatic heterocycles. The van der Waals surface area contributed by atoms with E-state index in [4.69, 9.17) is 20.0 Å². The Bertz CT molecular complexity index is 1100. The first kappa shape index (κ1) is 30.9. The standard InChI is InChI=1S/C24H29ClF5N3O.O2S/c1-4-19-32-20(23(34)31-12-15-7-5-13(2)6-8-15)22(25)33(19)21-17(26)10-16(11-18(21)27)9-14(3)24(28,29)30;1-3-2/h10-11,13-15H,4-9,12H2,1-3H3,(H,31,34);/t13?,14-,15?;/m0./s1. The van der Waals surface area contributed by atoms with Crippen LogP contribution in [-0.4, -0.2) is 36.6 Å². The van der Waals surface area contributed by atoms with Crippen molar-refractivity contribution in [2.24, 2.45) is 17.8 Å². The molecule has 13 heteroatoms. The van der Waals surface area contributed by atoms with E-state index >= 15 is 0 Å². The highest BCUT2D eigenvalue weighted by Gasteiger charge is 2.36. The van der Waals surface area contributed by atoms with Gasteiger partial charge in [-0.2, -0.15) is 21.6 Å². The molecule has 37 heavy (non-hydrogen) atoms. The average molecular weight is 570 g/mol. The summed E-state index contributed by atoms with van der Waals surface area (Å²) in [5.74, 6) is -3.26. The van der Waals surface area contributed by atoms with E-state index in [1.165, 1.54) is 0 Å². The maximum atomic E-state index is 14.9. The largest absolute Gasteiger partial charge is 0.391 e. The van der Waals surface area contributed by atoms with E-state index in [2.05, 4.69) is 17.2 Å². The van der Waals surface area contributed by atoms with Crippen molar-refractivity contribution in [1.29, 1.82) is 0 Å². The summed E-state index contributed by atoms with van der Waals surface area (Å²) in [7, 11) is 0. The number of nitrogens with zero attached hydrogens (tertiary/aromatic N) is 2. The molecule has 1 atom stereocenters. The molecule has 0 bridgehead atoms. The van der Waals surface area contributed by atoms with Crippen LogP contribution in [0.25, 0.3) is 5.69 Å². The quantitative estimate of drug-likeness (QED) is 0.415. The van der Waals surface area contributed by atoms with Gasteiger partial charge in [0, 0.05) is 13.0 Å². The number of alkyl halides is 3. The van der Waals surface area contributed by atoms with Crippen LogP contribution in [0.5, 0.6) is 0 Å². The summed E-state index contributed by atoms with van der Waals surface area (Å²) in [6.07, 6.45) is -0.590. The van der Waals surface area contributed by atoms with Crippen molar-refractivity contribution >= 4 is 29.1 Å². The minimum Gasteiger partial charge on any atom is -0.350 e. The van der Waals surface area contributed by atoms with Crippen LogP contribution in [0.2, 0.25) is 5.15 Å². The Balaban J connectivity index is 0.00000153. The van der Waals surface area contributed by atoms with Crippen LogP contribution in [0, 0.1) is 29.4 Å². The van der Waals surface area contributed by atoms with Gasteiger partial charge in [0.15, 0.2) is 17.3 Å². The first-order valence-electron chi connectivity index (χ1n) is 11.9. The van der Waals surface area contributed by atoms with Crippen molar-refractivity contribution in [2.45, 2.75) is 65.5 Å². The van der Waals surface area contributed by atoms with Gasteiger partial charge in [0.05, 0.1) is 5.92 Å². The van der Waals surface area contributed by atoms with Crippen molar-refractivity contribution < 1.29 is 35.2 Å². The Kier molecular flexibility index (Phi) is 11.2. The molecule has 206 valence electrons. The van der Waals surface area contributed by atoms with Crippen molar-refractivity contribution in [2.75, 3.05) is 6.54 Å². The second kappa shape index (κ2) is 13.5. The highest BCUT2D eigenvalue weighted by atomic mass is 35.5. The van der Waals surface area contributed by atoms with Crippen LogP contribution in [0.4, 0.5) is 22.0 Å². The second-order valence-corrected chi connectivity index (χ2v) is 9.81. The summed E-state index contributed by atoms with van der Waals surface area (Å²) in [5.41, 5.74) is -0.841. The zero-order chi connectivity index (χ0) is 27.9. The molecule has 1 N–H and O–H groups in total. The minimum absolute atomic E-state index is 0.127. The van der Waals surface area contributed by atoms with Crippen molar-refractivity contribution in [3.63, 3.8) is 0 Å². The summed E-state index contributed by atoms with van der Waals surface area (Å²) in [5, 5.41) is 2.57. The lowest BCUT2D eigenvalue weighted by Crippen LogP contribution is -2.31. The first-order chi connectivity index (χ1) is 17.3. The number of halogens is 6. The SMILES string of the molecule is CCc1nc(C(=O)NCC2CCC(C)CC2)c(Cl)n1-c1c(F)cc(C[C@H](C)C(F)(F)F)cc1F.O=S=O. The monoisotopic (exact) mass is 569 g/mol. The highest BCUT2D eigenvalue weighted by molar-refractivity contribution is 7.51. The van der Waals surface area contributed by atoms with Crippen molar-refractivity contribution in [3.05, 3.63) is 46.0 Å². The number of aromatic nitrogens is 2. The zero-order valence-electron chi connectivity index (χ0n) is 20.6. The van der Waals surface area contributed by atoms with E-state index in [0.29, 0.717) is 18.4 Å². The van der Waals surface area contributed by atoms with Gasteiger partial charge in [0.25, 0.3) is 5.91 Å². The highest BCUT2D eigenvalue weighted by Crippen LogP contribution is 2.32. The van der Waals surface area contributed by atoms with Crippen LogP contribution < -0.4 is 5.32 Å². The van der Waals surface area contributed by atoms with E-state index in [9.17, 15) is 26.7 Å². The number of imidazole rings is 1. The van der Waals surface area contributed by atoms with E-state index < -0.39 is 53.3 Å². The molecule has 0 radical (unpaired) electrons. The maximum Gasteiger partial charge on any atom is 0.391 e. The Morgan fingerprint density at radius 2 is 1.73 bits per heavy atom. The van der Waals surface area contributed by atoms with E-state index in [0.717, 1.165) is 49.3 Å². The van der Waals surface area contributed by atoms with Gasteiger partial charge in [-0.1, -0.05) is 45.2 Å². The lowest BCUT2D eigenvalue weighted by atomic mass is 9.83. The fraction of sp³-hybridized carbons (Fsp3) is 0.583. The van der Waals surface area contributed by atoms with Gasteiger partial charge in [-0.05, 0) is 48.8 Å². The molecule has 0 aliphatic heterocycles. The molecule has 3 rings (SSSR count). The molecule has 1 aromatic carbocycles. The molecular formula is C24H29ClF5N3O3S. The molecule has 1 amide bonds. The topological polar surface area (TPSA) is 81.1 Å². The Morgan fingerprint density at radius 1 is 1.19 bits per heavy atom. The van der Waals surface area contributed by atoms with E-state index in [1.54, 1.807) is 6.92 Å². The van der Waals surface area contributed by atoms with Crippen LogP contribution in [-0.2, 0) is 24.4 Å². The number of amides is 1. The number of carbonyl (C=O) groups excluding carboxylic acids is 1. The normalized spacial score (nSPS) is 18.5. The van der Waals surface area contributed by atoms with E-state index in [-0.39, 0.29) is 28.7 Å².